The van der Waals surface area contributed by atoms with E-state index in [1.165, 1.54) is 19.3 Å². The molecule has 0 bridgehead atoms. The zero-order chi connectivity index (χ0) is 15.9. The first-order valence-electron chi connectivity index (χ1n) is 8.19. The van der Waals surface area contributed by atoms with E-state index in [4.69, 9.17) is 14.2 Å². The van der Waals surface area contributed by atoms with Gasteiger partial charge in [-0.2, -0.15) is 12.6 Å². The van der Waals surface area contributed by atoms with Gasteiger partial charge in [0, 0.05) is 25.6 Å². The molecule has 2 unspecified atom stereocenters. The molecule has 2 atom stereocenters. The molecule has 126 valence electrons. The number of hydrogen-bond donors (Lipinski definition) is 1. The van der Waals surface area contributed by atoms with E-state index in [0.717, 1.165) is 32.0 Å². The van der Waals surface area contributed by atoms with E-state index in [0.29, 0.717) is 11.9 Å². The van der Waals surface area contributed by atoms with Crippen LogP contribution in [0.5, 0.6) is 0 Å². The molecule has 0 aliphatic heterocycles. The van der Waals surface area contributed by atoms with E-state index >= 15 is 0 Å². The monoisotopic (exact) mass is 318 g/mol. The fraction of sp³-hybridized carbons (Fsp3) is 1.00. The summed E-state index contributed by atoms with van der Waals surface area (Å²) in [6, 6.07) is 0. The molecule has 0 N–H and O–H groups in total. The van der Waals surface area contributed by atoms with Crippen molar-refractivity contribution in [3.8, 4) is 0 Å². The van der Waals surface area contributed by atoms with E-state index in [-0.39, 0.29) is 11.2 Å². The van der Waals surface area contributed by atoms with Crippen molar-refractivity contribution < 1.29 is 14.2 Å². The van der Waals surface area contributed by atoms with E-state index in [1.807, 2.05) is 0 Å². The highest BCUT2D eigenvalue weighted by Crippen LogP contribution is 2.31. The fourth-order valence-corrected chi connectivity index (χ4v) is 3.09. The smallest absolute Gasteiger partial charge is 0.0859 e. The van der Waals surface area contributed by atoms with Crippen molar-refractivity contribution in [1.29, 1.82) is 0 Å². The highest BCUT2D eigenvalue weighted by atomic mass is 32.1. The Morgan fingerprint density at radius 3 is 2.29 bits per heavy atom. The summed E-state index contributed by atoms with van der Waals surface area (Å²) in [7, 11) is 1.72. The van der Waals surface area contributed by atoms with Crippen molar-refractivity contribution in [2.24, 2.45) is 5.92 Å². The summed E-state index contributed by atoms with van der Waals surface area (Å²) in [6.07, 6.45) is 5.85. The lowest BCUT2D eigenvalue weighted by Gasteiger charge is -2.32. The quantitative estimate of drug-likeness (QED) is 0.615. The maximum absolute atomic E-state index is 6.05. The van der Waals surface area contributed by atoms with Crippen LogP contribution in [0, 0.1) is 5.92 Å². The highest BCUT2D eigenvalue weighted by molar-refractivity contribution is 7.80. The Balaban J connectivity index is 2.20. The average molecular weight is 319 g/mol. The summed E-state index contributed by atoms with van der Waals surface area (Å²) in [5.41, 5.74) is -0.398. The van der Waals surface area contributed by atoms with Crippen LogP contribution < -0.4 is 0 Å². The first-order valence-corrected chi connectivity index (χ1v) is 8.71. The molecule has 1 aliphatic carbocycles. The van der Waals surface area contributed by atoms with Crippen molar-refractivity contribution in [2.45, 2.75) is 76.3 Å². The molecule has 1 aliphatic rings. The Labute approximate surface area is 136 Å². The standard InChI is InChI=1S/C17H34O3S/c1-16(2,9-11-18-5)20-13-17(3,4)19-10-8-14-6-7-15(21)12-14/h14-15,21H,6-13H2,1-5H3. The van der Waals surface area contributed by atoms with Gasteiger partial charge >= 0.3 is 0 Å². The highest BCUT2D eigenvalue weighted by Gasteiger charge is 2.27. The zero-order valence-corrected chi connectivity index (χ0v) is 15.4. The van der Waals surface area contributed by atoms with Crippen LogP contribution in [0.1, 0.15) is 59.8 Å². The molecule has 0 spiro atoms. The van der Waals surface area contributed by atoms with E-state index in [9.17, 15) is 0 Å². The predicted molar refractivity (Wildman–Crippen MR) is 91.3 cm³/mol. The van der Waals surface area contributed by atoms with Gasteiger partial charge in [0.1, 0.15) is 0 Å². The summed E-state index contributed by atoms with van der Waals surface area (Å²) in [4.78, 5) is 0. The van der Waals surface area contributed by atoms with Gasteiger partial charge in [-0.15, -0.1) is 0 Å². The van der Waals surface area contributed by atoms with Crippen LogP contribution in [0.4, 0.5) is 0 Å². The van der Waals surface area contributed by atoms with Gasteiger partial charge in [0.25, 0.3) is 0 Å². The van der Waals surface area contributed by atoms with Gasteiger partial charge in [0.05, 0.1) is 17.8 Å². The Morgan fingerprint density at radius 1 is 1.00 bits per heavy atom. The van der Waals surface area contributed by atoms with Crippen LogP contribution in [0.2, 0.25) is 0 Å². The number of thiol groups is 1. The summed E-state index contributed by atoms with van der Waals surface area (Å²) in [5, 5.41) is 0.605. The first kappa shape index (κ1) is 19.3. The summed E-state index contributed by atoms with van der Waals surface area (Å²) in [6.45, 7) is 10.6. The molecule has 0 aromatic heterocycles. The summed E-state index contributed by atoms with van der Waals surface area (Å²) in [5.74, 6) is 0.794. The molecule has 1 rings (SSSR count). The van der Waals surface area contributed by atoms with Gasteiger partial charge in [0.15, 0.2) is 0 Å². The van der Waals surface area contributed by atoms with Gasteiger partial charge in [-0.3, -0.25) is 0 Å². The van der Waals surface area contributed by atoms with Crippen LogP contribution >= 0.6 is 12.6 Å². The van der Waals surface area contributed by atoms with Crippen LogP contribution in [0.15, 0.2) is 0 Å². The SMILES string of the molecule is COCCC(C)(C)OCC(C)(C)OCCC1CCC(S)C1. The Morgan fingerprint density at radius 2 is 1.71 bits per heavy atom. The number of ether oxygens (including phenoxy) is 3. The minimum atomic E-state index is -0.233. The number of rotatable bonds is 10. The van der Waals surface area contributed by atoms with E-state index in [1.54, 1.807) is 7.11 Å². The van der Waals surface area contributed by atoms with Crippen LogP contribution in [0.25, 0.3) is 0 Å². The largest absolute Gasteiger partial charge is 0.385 e. The maximum Gasteiger partial charge on any atom is 0.0859 e. The number of hydrogen-bond acceptors (Lipinski definition) is 4. The third kappa shape index (κ3) is 8.44. The molecular weight excluding hydrogens is 284 g/mol. The van der Waals surface area contributed by atoms with Crippen molar-refractivity contribution in [1.82, 2.24) is 0 Å². The molecule has 0 heterocycles. The zero-order valence-electron chi connectivity index (χ0n) is 14.5. The Kier molecular flexibility index (Phi) is 8.04. The second-order valence-corrected chi connectivity index (χ2v) is 8.25. The van der Waals surface area contributed by atoms with Crippen molar-refractivity contribution >= 4 is 12.6 Å². The maximum atomic E-state index is 6.05. The molecule has 0 saturated heterocycles. The normalized spacial score (nSPS) is 23.7. The first-order chi connectivity index (χ1) is 9.74. The molecular formula is C17H34O3S. The second kappa shape index (κ2) is 8.76. The lowest BCUT2D eigenvalue weighted by Crippen LogP contribution is -2.37. The summed E-state index contributed by atoms with van der Waals surface area (Å²) >= 11 is 4.55. The minimum absolute atomic E-state index is 0.165. The van der Waals surface area contributed by atoms with Crippen molar-refractivity contribution in [2.75, 3.05) is 26.9 Å². The predicted octanol–water partition coefficient (Wildman–Crippen LogP) is 4.10. The number of methoxy groups -OCH3 is 1. The van der Waals surface area contributed by atoms with Gasteiger partial charge in [0.2, 0.25) is 0 Å². The molecule has 21 heavy (non-hydrogen) atoms. The van der Waals surface area contributed by atoms with E-state index in [2.05, 4.69) is 40.3 Å². The molecule has 1 fully saturated rings. The molecule has 3 nitrogen and oxygen atoms in total. The minimum Gasteiger partial charge on any atom is -0.385 e. The Bertz CT molecular complexity index is 292. The molecule has 0 aromatic carbocycles. The lowest BCUT2D eigenvalue weighted by molar-refractivity contribution is -0.127. The van der Waals surface area contributed by atoms with Crippen molar-refractivity contribution in [3.05, 3.63) is 0 Å². The van der Waals surface area contributed by atoms with Gasteiger partial charge in [-0.05, 0) is 65.7 Å². The summed E-state index contributed by atoms with van der Waals surface area (Å²) < 4.78 is 17.2. The molecule has 0 radical (unpaired) electrons. The van der Waals surface area contributed by atoms with E-state index < -0.39 is 0 Å². The van der Waals surface area contributed by atoms with Crippen molar-refractivity contribution in [3.63, 3.8) is 0 Å². The van der Waals surface area contributed by atoms with Crippen LogP contribution in [0.3, 0.4) is 0 Å². The third-order valence-corrected chi connectivity index (χ3v) is 4.72. The third-order valence-electron chi connectivity index (χ3n) is 4.25. The average Bonchev–Trinajstić information content (AvgIpc) is 2.80. The molecule has 0 amide bonds. The second-order valence-electron chi connectivity index (χ2n) is 7.52. The Hall–Kier alpha value is 0.230. The van der Waals surface area contributed by atoms with Gasteiger partial charge in [-0.25, -0.2) is 0 Å². The topological polar surface area (TPSA) is 27.7 Å². The fourth-order valence-electron chi connectivity index (χ4n) is 2.64. The lowest BCUT2D eigenvalue weighted by atomic mass is 10.0. The molecule has 4 heteroatoms. The van der Waals surface area contributed by atoms with Gasteiger partial charge < -0.3 is 14.2 Å². The molecule has 0 aromatic rings. The van der Waals surface area contributed by atoms with Gasteiger partial charge in [-0.1, -0.05) is 0 Å². The molecule has 1 saturated carbocycles. The van der Waals surface area contributed by atoms with Crippen LogP contribution in [-0.2, 0) is 14.2 Å². The van der Waals surface area contributed by atoms with Crippen LogP contribution in [-0.4, -0.2) is 43.4 Å².